The number of nitrogens with two attached hydrogens (primary N) is 1. The highest BCUT2D eigenvalue weighted by Crippen LogP contribution is 2.30. The topological polar surface area (TPSA) is 76.4 Å². The number of hydrogen-bond donors (Lipinski definition) is 3. The van der Waals surface area contributed by atoms with Gasteiger partial charge in [0.25, 0.3) is 5.91 Å². The first-order valence-electron chi connectivity index (χ1n) is 4.74. The van der Waals surface area contributed by atoms with Crippen LogP contribution in [0.25, 0.3) is 0 Å². The van der Waals surface area contributed by atoms with Gasteiger partial charge in [-0.25, -0.2) is 0 Å². The number of carbonyl (C=O) groups is 1. The van der Waals surface area contributed by atoms with Crippen molar-refractivity contribution in [2.45, 2.75) is 19.6 Å². The van der Waals surface area contributed by atoms with E-state index in [0.29, 0.717) is 18.0 Å². The lowest BCUT2D eigenvalue weighted by Crippen LogP contribution is -2.34. The Hall–Kier alpha value is -1.59. The summed E-state index contributed by atoms with van der Waals surface area (Å²) in [4.78, 5) is 11.3. The van der Waals surface area contributed by atoms with Crippen molar-refractivity contribution in [3.8, 4) is 5.75 Å². The van der Waals surface area contributed by atoms with Gasteiger partial charge in [-0.2, -0.15) is 0 Å². The zero-order chi connectivity index (χ0) is 10.8. The molecule has 1 heterocycles. The molecule has 4 N–H and O–H groups in total. The van der Waals surface area contributed by atoms with Crippen LogP contribution in [0.4, 0.5) is 5.69 Å². The molecule has 1 atom stereocenters. The van der Waals surface area contributed by atoms with Crippen molar-refractivity contribution in [1.82, 2.24) is 5.43 Å². The Morgan fingerprint density at radius 3 is 3.13 bits per heavy atom. The lowest BCUT2D eigenvalue weighted by Gasteiger charge is -2.23. The molecule has 2 rings (SSSR count). The summed E-state index contributed by atoms with van der Waals surface area (Å²) in [6.07, 6.45) is -0.434. The number of ether oxygens (including phenoxy) is 1. The molecular weight excluding hydrogens is 194 g/mol. The lowest BCUT2D eigenvalue weighted by atomic mass is 10.1. The molecule has 5 nitrogen and oxygen atoms in total. The van der Waals surface area contributed by atoms with Crippen molar-refractivity contribution in [3.63, 3.8) is 0 Å². The zero-order valence-electron chi connectivity index (χ0n) is 8.41. The van der Waals surface area contributed by atoms with Gasteiger partial charge in [0.2, 0.25) is 0 Å². The minimum Gasteiger partial charge on any atom is -0.479 e. The van der Waals surface area contributed by atoms with E-state index < -0.39 is 6.10 Å². The number of amides is 1. The minimum atomic E-state index is -0.434. The Morgan fingerprint density at radius 1 is 1.60 bits per heavy atom. The van der Waals surface area contributed by atoms with Gasteiger partial charge in [-0.15, -0.1) is 0 Å². The summed E-state index contributed by atoms with van der Waals surface area (Å²) in [7, 11) is 0. The number of hydrogen-bond acceptors (Lipinski definition) is 4. The van der Waals surface area contributed by atoms with Crippen LogP contribution in [0.2, 0.25) is 0 Å². The van der Waals surface area contributed by atoms with E-state index in [-0.39, 0.29) is 5.91 Å². The maximum Gasteiger partial charge on any atom is 0.265 e. The number of rotatable bonds is 2. The monoisotopic (exact) mass is 207 g/mol. The lowest BCUT2D eigenvalue weighted by molar-refractivity contribution is -0.122. The van der Waals surface area contributed by atoms with Crippen molar-refractivity contribution in [2.24, 2.45) is 5.84 Å². The van der Waals surface area contributed by atoms with Gasteiger partial charge >= 0.3 is 0 Å². The smallest absolute Gasteiger partial charge is 0.265 e. The van der Waals surface area contributed by atoms with E-state index in [1.54, 1.807) is 6.92 Å². The molecule has 1 unspecified atom stereocenters. The fourth-order valence-corrected chi connectivity index (χ4v) is 1.48. The molecule has 0 fully saturated rings. The second-order valence-corrected chi connectivity index (χ2v) is 3.46. The van der Waals surface area contributed by atoms with E-state index in [4.69, 9.17) is 10.6 Å². The van der Waals surface area contributed by atoms with Crippen LogP contribution >= 0.6 is 0 Å². The molecule has 0 saturated carbocycles. The van der Waals surface area contributed by atoms with Crippen LogP contribution in [-0.4, -0.2) is 12.0 Å². The van der Waals surface area contributed by atoms with E-state index in [1.807, 2.05) is 18.2 Å². The largest absolute Gasteiger partial charge is 0.479 e. The van der Waals surface area contributed by atoms with Crippen LogP contribution < -0.4 is 21.3 Å². The molecule has 0 bridgehead atoms. The Bertz CT molecular complexity index is 392. The maximum atomic E-state index is 11.3. The SMILES string of the molecule is CC1Oc2ccc(CNN)cc2NC1=O. The van der Waals surface area contributed by atoms with E-state index in [0.717, 1.165) is 5.56 Å². The summed E-state index contributed by atoms with van der Waals surface area (Å²) in [6, 6.07) is 5.58. The van der Waals surface area contributed by atoms with Gasteiger partial charge in [-0.3, -0.25) is 16.1 Å². The Kier molecular flexibility index (Phi) is 2.57. The van der Waals surface area contributed by atoms with Gasteiger partial charge in [0, 0.05) is 6.54 Å². The van der Waals surface area contributed by atoms with Crippen LogP contribution in [0.15, 0.2) is 18.2 Å². The average Bonchev–Trinajstić information content (AvgIpc) is 2.21. The Balaban J connectivity index is 2.29. The molecule has 15 heavy (non-hydrogen) atoms. The molecule has 1 aliphatic heterocycles. The highest BCUT2D eigenvalue weighted by atomic mass is 16.5. The van der Waals surface area contributed by atoms with Crippen LogP contribution in [0, 0.1) is 0 Å². The summed E-state index contributed by atoms with van der Waals surface area (Å²) < 4.78 is 5.41. The highest BCUT2D eigenvalue weighted by molar-refractivity contribution is 5.97. The third-order valence-electron chi connectivity index (χ3n) is 2.28. The summed E-state index contributed by atoms with van der Waals surface area (Å²) >= 11 is 0. The van der Waals surface area contributed by atoms with Crippen molar-refractivity contribution in [2.75, 3.05) is 5.32 Å². The summed E-state index contributed by atoms with van der Waals surface area (Å²) in [6.45, 7) is 2.27. The first-order valence-corrected chi connectivity index (χ1v) is 4.74. The number of fused-ring (bicyclic) bond motifs is 1. The fourth-order valence-electron chi connectivity index (χ4n) is 1.48. The molecule has 1 aromatic carbocycles. The number of nitrogens with one attached hydrogen (secondary N) is 2. The molecule has 1 aliphatic rings. The van der Waals surface area contributed by atoms with Gasteiger partial charge in [0.1, 0.15) is 5.75 Å². The Morgan fingerprint density at radius 2 is 2.40 bits per heavy atom. The number of hydrazine groups is 1. The fraction of sp³-hybridized carbons (Fsp3) is 0.300. The van der Waals surface area contributed by atoms with Gasteiger partial charge in [-0.05, 0) is 24.6 Å². The van der Waals surface area contributed by atoms with Crippen LogP contribution in [0.1, 0.15) is 12.5 Å². The van der Waals surface area contributed by atoms with Crippen molar-refractivity contribution >= 4 is 11.6 Å². The molecule has 1 aromatic rings. The van der Waals surface area contributed by atoms with Gasteiger partial charge in [0.05, 0.1) is 5.69 Å². The van der Waals surface area contributed by atoms with Crippen molar-refractivity contribution < 1.29 is 9.53 Å². The number of benzene rings is 1. The molecule has 5 heteroatoms. The first kappa shape index (κ1) is 9.95. The molecule has 0 saturated heterocycles. The number of anilines is 1. The average molecular weight is 207 g/mol. The van der Waals surface area contributed by atoms with Crippen LogP contribution in [0.3, 0.4) is 0 Å². The first-order chi connectivity index (χ1) is 7.20. The van der Waals surface area contributed by atoms with Gasteiger partial charge in [-0.1, -0.05) is 6.07 Å². The summed E-state index contributed by atoms with van der Waals surface area (Å²) in [5.74, 6) is 5.79. The van der Waals surface area contributed by atoms with Crippen molar-refractivity contribution in [3.05, 3.63) is 23.8 Å². The normalized spacial score (nSPS) is 19.1. The van der Waals surface area contributed by atoms with E-state index in [2.05, 4.69) is 10.7 Å². The minimum absolute atomic E-state index is 0.125. The van der Waals surface area contributed by atoms with E-state index >= 15 is 0 Å². The summed E-state index contributed by atoms with van der Waals surface area (Å²) in [5.41, 5.74) is 4.25. The predicted octanol–water partition coefficient (Wildman–Crippen LogP) is 0.369. The maximum absolute atomic E-state index is 11.3. The third-order valence-corrected chi connectivity index (χ3v) is 2.28. The second kappa shape index (κ2) is 3.88. The standard InChI is InChI=1S/C10H13N3O2/c1-6-10(14)13-8-4-7(5-12-11)2-3-9(8)15-6/h2-4,6,12H,5,11H2,1H3,(H,13,14). The molecule has 0 aromatic heterocycles. The highest BCUT2D eigenvalue weighted by Gasteiger charge is 2.23. The molecule has 0 spiro atoms. The van der Waals surface area contributed by atoms with E-state index in [9.17, 15) is 4.79 Å². The quantitative estimate of drug-likeness (QED) is 0.483. The van der Waals surface area contributed by atoms with Gasteiger partial charge < -0.3 is 10.1 Å². The number of carbonyl (C=O) groups excluding carboxylic acids is 1. The molecule has 0 aliphatic carbocycles. The van der Waals surface area contributed by atoms with Crippen LogP contribution in [0.5, 0.6) is 5.75 Å². The zero-order valence-corrected chi connectivity index (χ0v) is 8.41. The summed E-state index contributed by atoms with van der Waals surface area (Å²) in [5, 5.41) is 2.78. The Labute approximate surface area is 87.6 Å². The van der Waals surface area contributed by atoms with Crippen molar-refractivity contribution in [1.29, 1.82) is 0 Å². The molecule has 80 valence electrons. The molecular formula is C10H13N3O2. The molecule has 0 radical (unpaired) electrons. The molecule has 1 amide bonds. The predicted molar refractivity (Wildman–Crippen MR) is 56.2 cm³/mol. The third kappa shape index (κ3) is 1.93. The van der Waals surface area contributed by atoms with E-state index in [1.165, 1.54) is 0 Å². The van der Waals surface area contributed by atoms with Crippen LogP contribution in [-0.2, 0) is 11.3 Å². The van der Waals surface area contributed by atoms with Gasteiger partial charge in [0.15, 0.2) is 6.10 Å². The second-order valence-electron chi connectivity index (χ2n) is 3.46.